The zero-order valence-electron chi connectivity index (χ0n) is 7.42. The van der Waals surface area contributed by atoms with E-state index in [9.17, 15) is 9.50 Å². The van der Waals surface area contributed by atoms with Crippen LogP contribution in [0.3, 0.4) is 0 Å². The van der Waals surface area contributed by atoms with Gasteiger partial charge in [0.05, 0.1) is 0 Å². The van der Waals surface area contributed by atoms with Gasteiger partial charge in [0.1, 0.15) is 11.6 Å². The van der Waals surface area contributed by atoms with Crippen molar-refractivity contribution in [3.05, 3.63) is 29.6 Å². The first-order chi connectivity index (χ1) is 6.19. The molecule has 1 atom stereocenters. The molecule has 0 heterocycles. The Kier molecular flexibility index (Phi) is 3.01. The van der Waals surface area contributed by atoms with Gasteiger partial charge < -0.3 is 10.5 Å². The van der Waals surface area contributed by atoms with Gasteiger partial charge in [-0.15, -0.1) is 0 Å². The van der Waals surface area contributed by atoms with Gasteiger partial charge in [-0.2, -0.15) is 0 Å². The first-order valence-corrected chi connectivity index (χ1v) is 4.18. The second kappa shape index (κ2) is 4.03. The molecule has 13 heavy (non-hydrogen) atoms. The molecule has 3 heteroatoms. The van der Waals surface area contributed by atoms with E-state index in [0.29, 0.717) is 12.0 Å². The second-order valence-corrected chi connectivity index (χ2v) is 2.88. The highest BCUT2D eigenvalue weighted by Crippen LogP contribution is 2.27. The lowest BCUT2D eigenvalue weighted by Crippen LogP contribution is -1.98. The molecule has 0 radical (unpaired) electrons. The maximum atomic E-state index is 12.8. The van der Waals surface area contributed by atoms with Gasteiger partial charge in [-0.25, -0.2) is 4.39 Å². The van der Waals surface area contributed by atoms with Crippen molar-refractivity contribution in [1.29, 1.82) is 5.41 Å². The molecule has 0 fully saturated rings. The third-order valence-corrected chi connectivity index (χ3v) is 2.03. The number of halogens is 1. The molecule has 70 valence electrons. The Morgan fingerprint density at radius 2 is 2.31 bits per heavy atom. The lowest BCUT2D eigenvalue weighted by molar-refractivity contribution is 0.463. The highest BCUT2D eigenvalue weighted by Gasteiger charge is 2.11. The quantitative estimate of drug-likeness (QED) is 0.692. The van der Waals surface area contributed by atoms with Crippen LogP contribution in [0.4, 0.5) is 4.39 Å². The van der Waals surface area contributed by atoms with Gasteiger partial charge in [0.25, 0.3) is 0 Å². The summed E-state index contributed by atoms with van der Waals surface area (Å²) < 4.78 is 12.8. The first-order valence-electron chi connectivity index (χ1n) is 4.18. The molecule has 1 aromatic rings. The molecule has 0 aliphatic heterocycles. The van der Waals surface area contributed by atoms with Crippen LogP contribution in [-0.4, -0.2) is 11.3 Å². The zero-order chi connectivity index (χ0) is 9.84. The van der Waals surface area contributed by atoms with Crippen molar-refractivity contribution in [3.63, 3.8) is 0 Å². The lowest BCUT2D eigenvalue weighted by Gasteiger charge is -2.10. The van der Waals surface area contributed by atoms with E-state index in [4.69, 9.17) is 5.41 Å². The average molecular weight is 181 g/mol. The van der Waals surface area contributed by atoms with Gasteiger partial charge in [-0.1, -0.05) is 6.92 Å². The number of rotatable bonds is 3. The zero-order valence-corrected chi connectivity index (χ0v) is 7.42. The van der Waals surface area contributed by atoms with Crippen LogP contribution in [0.25, 0.3) is 0 Å². The van der Waals surface area contributed by atoms with Crippen molar-refractivity contribution in [1.82, 2.24) is 0 Å². The van der Waals surface area contributed by atoms with Crippen LogP contribution < -0.4 is 0 Å². The number of phenols is 1. The maximum Gasteiger partial charge on any atom is 0.123 e. The third kappa shape index (κ3) is 2.05. The fraction of sp³-hybridized carbons (Fsp3) is 0.300. The van der Waals surface area contributed by atoms with E-state index in [0.717, 1.165) is 0 Å². The van der Waals surface area contributed by atoms with E-state index >= 15 is 0 Å². The normalized spacial score (nSPS) is 12.5. The average Bonchev–Trinajstić information content (AvgIpc) is 2.13. The minimum Gasteiger partial charge on any atom is -0.508 e. The number of hydrogen-bond donors (Lipinski definition) is 2. The van der Waals surface area contributed by atoms with E-state index in [2.05, 4.69) is 0 Å². The van der Waals surface area contributed by atoms with Crippen molar-refractivity contribution in [3.8, 4) is 5.75 Å². The Hall–Kier alpha value is -1.38. The van der Waals surface area contributed by atoms with Crippen molar-refractivity contribution in [2.45, 2.75) is 19.3 Å². The van der Waals surface area contributed by atoms with Crippen LogP contribution in [0, 0.1) is 11.2 Å². The van der Waals surface area contributed by atoms with Crippen LogP contribution >= 0.6 is 0 Å². The molecule has 1 rings (SSSR count). The molecule has 0 saturated heterocycles. The molecule has 0 aromatic heterocycles. The van der Waals surface area contributed by atoms with Gasteiger partial charge in [0.2, 0.25) is 0 Å². The van der Waals surface area contributed by atoms with Gasteiger partial charge in [0.15, 0.2) is 0 Å². The van der Waals surface area contributed by atoms with Gasteiger partial charge >= 0.3 is 0 Å². The van der Waals surface area contributed by atoms with Crippen molar-refractivity contribution < 1.29 is 9.50 Å². The molecule has 0 aliphatic rings. The van der Waals surface area contributed by atoms with E-state index in [-0.39, 0.29) is 17.5 Å². The molecule has 0 amide bonds. The minimum atomic E-state index is -0.381. The summed E-state index contributed by atoms with van der Waals surface area (Å²) in [6, 6.07) is 3.79. The van der Waals surface area contributed by atoms with Crippen LogP contribution in [0.2, 0.25) is 0 Å². The van der Waals surface area contributed by atoms with Crippen LogP contribution in [-0.2, 0) is 0 Å². The highest BCUT2D eigenvalue weighted by atomic mass is 19.1. The van der Waals surface area contributed by atoms with Gasteiger partial charge in [-0.3, -0.25) is 0 Å². The number of benzene rings is 1. The molecule has 0 aliphatic carbocycles. The summed E-state index contributed by atoms with van der Waals surface area (Å²) in [4.78, 5) is 0. The summed E-state index contributed by atoms with van der Waals surface area (Å²) in [5.74, 6) is -0.527. The van der Waals surface area contributed by atoms with Crippen LogP contribution in [0.15, 0.2) is 18.2 Å². The predicted molar refractivity (Wildman–Crippen MR) is 49.9 cm³/mol. The van der Waals surface area contributed by atoms with Crippen molar-refractivity contribution in [2.24, 2.45) is 0 Å². The summed E-state index contributed by atoms with van der Waals surface area (Å²) in [6.45, 7) is 1.89. The Balaban J connectivity index is 3.10. The Labute approximate surface area is 76.5 Å². The fourth-order valence-corrected chi connectivity index (χ4v) is 1.25. The molecule has 0 saturated carbocycles. The summed E-state index contributed by atoms with van der Waals surface area (Å²) in [5, 5.41) is 16.5. The Morgan fingerprint density at radius 3 is 2.85 bits per heavy atom. The monoisotopic (exact) mass is 181 g/mol. The molecular weight excluding hydrogens is 169 g/mol. The summed E-state index contributed by atoms with van der Waals surface area (Å²) in [6.07, 6.45) is 1.90. The number of phenolic OH excluding ortho intramolecular Hbond substituents is 1. The lowest BCUT2D eigenvalue weighted by atomic mass is 9.97. The summed E-state index contributed by atoms with van der Waals surface area (Å²) in [7, 11) is 0. The number of nitrogens with one attached hydrogen (secondary N) is 1. The SMILES string of the molecule is CC[C@@H](C=N)c1cc(F)ccc1O. The standard InChI is InChI=1S/C10H12FNO/c1-2-7(6-12)9-5-8(11)3-4-10(9)13/h3-7,12-13H,2H2,1H3/t7-/m0/s1. The molecule has 0 bridgehead atoms. The van der Waals surface area contributed by atoms with E-state index in [1.165, 1.54) is 24.4 Å². The van der Waals surface area contributed by atoms with Crippen molar-refractivity contribution >= 4 is 6.21 Å². The highest BCUT2D eigenvalue weighted by molar-refractivity contribution is 5.66. The maximum absolute atomic E-state index is 12.8. The van der Waals surface area contributed by atoms with E-state index < -0.39 is 0 Å². The van der Waals surface area contributed by atoms with Gasteiger partial charge in [0, 0.05) is 17.7 Å². The molecular formula is C10H12FNO. The minimum absolute atomic E-state index is 0.0525. The molecule has 2 N–H and O–H groups in total. The first kappa shape index (κ1) is 9.71. The smallest absolute Gasteiger partial charge is 0.123 e. The van der Waals surface area contributed by atoms with Crippen LogP contribution in [0.5, 0.6) is 5.75 Å². The number of hydrogen-bond acceptors (Lipinski definition) is 2. The van der Waals surface area contributed by atoms with E-state index in [1.54, 1.807) is 0 Å². The Bertz CT molecular complexity index is 312. The van der Waals surface area contributed by atoms with Gasteiger partial charge in [-0.05, 0) is 24.6 Å². The second-order valence-electron chi connectivity index (χ2n) is 2.88. The molecule has 0 spiro atoms. The van der Waals surface area contributed by atoms with Crippen molar-refractivity contribution in [2.75, 3.05) is 0 Å². The summed E-state index contributed by atoms with van der Waals surface area (Å²) in [5.41, 5.74) is 0.484. The van der Waals surface area contributed by atoms with Crippen LogP contribution in [0.1, 0.15) is 24.8 Å². The number of aromatic hydroxyl groups is 1. The predicted octanol–water partition coefficient (Wildman–Crippen LogP) is 2.67. The molecule has 0 unspecified atom stereocenters. The topological polar surface area (TPSA) is 44.1 Å². The van der Waals surface area contributed by atoms with E-state index in [1.807, 2.05) is 6.92 Å². The molecule has 2 nitrogen and oxygen atoms in total. The summed E-state index contributed by atoms with van der Waals surface area (Å²) >= 11 is 0. The fourth-order valence-electron chi connectivity index (χ4n) is 1.25. The largest absolute Gasteiger partial charge is 0.508 e. The molecule has 1 aromatic carbocycles. The third-order valence-electron chi connectivity index (χ3n) is 2.03. The Morgan fingerprint density at radius 1 is 1.62 bits per heavy atom.